The summed E-state index contributed by atoms with van der Waals surface area (Å²) in [6.07, 6.45) is 1.50. The molecule has 2 atom stereocenters. The van der Waals surface area contributed by atoms with Crippen molar-refractivity contribution in [2.24, 2.45) is 10.9 Å². The van der Waals surface area contributed by atoms with Crippen LogP contribution in [0.25, 0.3) is 0 Å². The highest BCUT2D eigenvalue weighted by Crippen LogP contribution is 2.43. The quantitative estimate of drug-likeness (QED) is 0.108. The summed E-state index contributed by atoms with van der Waals surface area (Å²) in [6, 6.07) is 9.02. The van der Waals surface area contributed by atoms with Gasteiger partial charge in [-0.05, 0) is 65.9 Å². The van der Waals surface area contributed by atoms with Crippen molar-refractivity contribution < 1.29 is 37.8 Å². The number of isocyanates is 1. The molecule has 3 rings (SSSR count). The van der Waals surface area contributed by atoms with Crippen LogP contribution in [0.15, 0.2) is 41.4 Å². The van der Waals surface area contributed by atoms with Gasteiger partial charge in [0.1, 0.15) is 11.4 Å². The highest BCUT2D eigenvalue weighted by Gasteiger charge is 2.49. The third kappa shape index (κ3) is 7.31. The zero-order chi connectivity index (χ0) is 32.9. The van der Waals surface area contributed by atoms with Crippen LogP contribution in [0.3, 0.4) is 0 Å². The number of hydrogen-bond donors (Lipinski definition) is 2. The molecule has 11 nitrogen and oxygen atoms in total. The first-order valence-corrected chi connectivity index (χ1v) is 17.4. The molecular weight excluding hydrogens is 582 g/mol. The van der Waals surface area contributed by atoms with E-state index in [1.807, 2.05) is 26.9 Å². The number of hydrogen-bond acceptors (Lipinski definition) is 9. The summed E-state index contributed by atoms with van der Waals surface area (Å²) in [5, 5.41) is 5.45. The molecule has 2 aromatic rings. The predicted molar refractivity (Wildman–Crippen MR) is 167 cm³/mol. The fourth-order valence-corrected chi connectivity index (χ4v) is 5.86. The molecular formula is C32H43N3O8Si. The molecule has 0 aromatic heterocycles. The maximum absolute atomic E-state index is 14.6. The summed E-state index contributed by atoms with van der Waals surface area (Å²) in [5.74, 6) is -0.528. The molecule has 2 N–H and O–H groups in total. The summed E-state index contributed by atoms with van der Waals surface area (Å²) >= 11 is 0. The van der Waals surface area contributed by atoms with Gasteiger partial charge in [0.05, 0.1) is 19.6 Å². The number of ether oxygens (including phenoxy) is 3. The Bertz CT molecular complexity index is 1450. The van der Waals surface area contributed by atoms with Crippen LogP contribution in [0.1, 0.15) is 64.6 Å². The number of carbonyl (C=O) groups excluding carboxylic acids is 4. The van der Waals surface area contributed by atoms with Crippen LogP contribution in [0.2, 0.25) is 18.1 Å². The van der Waals surface area contributed by atoms with E-state index in [2.05, 4.69) is 36.4 Å². The Kier molecular flexibility index (Phi) is 10.7. The van der Waals surface area contributed by atoms with E-state index in [1.54, 1.807) is 42.5 Å². The van der Waals surface area contributed by atoms with Crippen LogP contribution in [0.5, 0.6) is 17.2 Å². The lowest BCUT2D eigenvalue weighted by Crippen LogP contribution is -2.55. The molecule has 0 fully saturated rings. The Balaban J connectivity index is 2.20. The van der Waals surface area contributed by atoms with Crippen molar-refractivity contribution in [3.8, 4) is 17.2 Å². The highest BCUT2D eigenvalue weighted by molar-refractivity contribution is 6.74. The number of amides is 2. The van der Waals surface area contributed by atoms with Crippen molar-refractivity contribution in [3.05, 3.63) is 47.5 Å². The van der Waals surface area contributed by atoms with E-state index in [0.29, 0.717) is 22.6 Å². The topological polar surface area (TPSA) is 142 Å². The maximum Gasteiger partial charge on any atom is 0.307 e. The Morgan fingerprint density at radius 3 is 2.32 bits per heavy atom. The van der Waals surface area contributed by atoms with Crippen LogP contribution in [0.4, 0.5) is 5.69 Å². The number of rotatable bonds is 12. The molecule has 12 heteroatoms. The Morgan fingerprint density at radius 1 is 1.05 bits per heavy atom. The lowest BCUT2D eigenvalue weighted by molar-refractivity contribution is -0.142. The molecule has 0 radical (unpaired) electrons. The number of nitrogens with zero attached hydrogens (tertiary/aromatic N) is 1. The second-order valence-electron chi connectivity index (χ2n) is 12.7. The van der Waals surface area contributed by atoms with Crippen molar-refractivity contribution in [3.63, 3.8) is 0 Å². The molecule has 238 valence electrons. The number of fused-ring (bicyclic) bond motifs is 1. The van der Waals surface area contributed by atoms with Crippen LogP contribution in [-0.4, -0.2) is 53.1 Å². The number of methoxy groups -OCH3 is 1. The van der Waals surface area contributed by atoms with E-state index in [-0.39, 0.29) is 42.0 Å². The van der Waals surface area contributed by atoms with Gasteiger partial charge in [0.25, 0.3) is 8.32 Å². The number of esters is 1. The van der Waals surface area contributed by atoms with Gasteiger partial charge in [0.15, 0.2) is 16.9 Å². The van der Waals surface area contributed by atoms with Gasteiger partial charge in [0.2, 0.25) is 24.7 Å². The normalized spacial score (nSPS) is 14.6. The van der Waals surface area contributed by atoms with E-state index in [1.165, 1.54) is 14.2 Å². The first kappa shape index (κ1) is 34.3. The van der Waals surface area contributed by atoms with Crippen LogP contribution in [-0.2, 0) is 29.3 Å². The first-order valence-electron chi connectivity index (χ1n) is 14.5. The van der Waals surface area contributed by atoms with E-state index in [9.17, 15) is 19.2 Å². The lowest BCUT2D eigenvalue weighted by atomic mass is 9.72. The fourth-order valence-electron chi connectivity index (χ4n) is 4.84. The van der Waals surface area contributed by atoms with E-state index >= 15 is 0 Å². The summed E-state index contributed by atoms with van der Waals surface area (Å²) in [5.41, 5.74) is -0.582. The molecule has 2 amide bonds. The van der Waals surface area contributed by atoms with Gasteiger partial charge in [-0.25, -0.2) is 4.79 Å². The van der Waals surface area contributed by atoms with Crippen LogP contribution >= 0.6 is 0 Å². The summed E-state index contributed by atoms with van der Waals surface area (Å²) in [7, 11) is 0.282. The molecule has 2 aromatic carbocycles. The highest BCUT2D eigenvalue weighted by atomic mass is 28.4. The SMILES string of the molecule is CNC(=O)[C@@](CC(C)C)(C(=O)N[C@@H](CC(=O)OC)c1ccc2c(c1)OCO2)c1ccc(N=C=O)c(O[Si](C)(C)C(C)(C)C)c1. The number of benzene rings is 2. The predicted octanol–water partition coefficient (Wildman–Crippen LogP) is 5.22. The van der Waals surface area contributed by atoms with Crippen molar-refractivity contribution in [2.75, 3.05) is 21.0 Å². The van der Waals surface area contributed by atoms with Gasteiger partial charge in [-0.15, -0.1) is 0 Å². The van der Waals surface area contributed by atoms with Crippen molar-refractivity contribution in [2.45, 2.75) is 77.0 Å². The molecule has 1 aliphatic rings. The molecule has 1 heterocycles. The van der Waals surface area contributed by atoms with E-state index in [4.69, 9.17) is 18.6 Å². The summed E-state index contributed by atoms with van der Waals surface area (Å²) in [6.45, 7) is 14.2. The van der Waals surface area contributed by atoms with Crippen LogP contribution in [0, 0.1) is 5.92 Å². The van der Waals surface area contributed by atoms with Gasteiger partial charge < -0.3 is 29.3 Å². The molecule has 1 aliphatic heterocycles. The van der Waals surface area contributed by atoms with Gasteiger partial charge in [-0.2, -0.15) is 4.99 Å². The average Bonchev–Trinajstić information content (AvgIpc) is 3.43. The Hall–Kier alpha value is -4.15. The number of aliphatic imine (C=N–C) groups is 1. The third-order valence-corrected chi connectivity index (χ3v) is 12.6. The molecule has 0 unspecified atom stereocenters. The Labute approximate surface area is 259 Å². The standard InChI is InChI=1S/C32H43N3O8Si/c1-20(2)17-32(29(38)33-6,22-11-12-23(34-18-36)26(15-22)43-44(8,9)31(3,4)5)30(39)35-24(16-28(37)40-7)21-10-13-25-27(14-21)42-19-41-25/h10-15,20,24H,16-17,19H2,1-9H3,(H,33,38)(H,35,39)/t24-,32-/m0/s1. The maximum atomic E-state index is 14.6. The minimum absolute atomic E-state index is 0.0599. The monoisotopic (exact) mass is 625 g/mol. The molecule has 0 saturated heterocycles. The molecule has 0 spiro atoms. The number of likely N-dealkylation sites (N-methyl/N-ethyl adjacent to an activating group) is 1. The van der Waals surface area contributed by atoms with E-state index < -0.39 is 37.6 Å². The lowest BCUT2D eigenvalue weighted by Gasteiger charge is -2.38. The molecule has 0 aliphatic carbocycles. The second kappa shape index (κ2) is 13.7. The Morgan fingerprint density at radius 2 is 1.73 bits per heavy atom. The minimum Gasteiger partial charge on any atom is -0.542 e. The summed E-state index contributed by atoms with van der Waals surface area (Å²) < 4.78 is 22.4. The van der Waals surface area contributed by atoms with Gasteiger partial charge >= 0.3 is 5.97 Å². The smallest absolute Gasteiger partial charge is 0.307 e. The minimum atomic E-state index is -2.45. The van der Waals surface area contributed by atoms with Crippen molar-refractivity contribution in [1.82, 2.24) is 10.6 Å². The van der Waals surface area contributed by atoms with Gasteiger partial charge in [0, 0.05) is 7.05 Å². The number of carbonyl (C=O) groups is 3. The van der Waals surface area contributed by atoms with E-state index in [0.717, 1.165) is 0 Å². The molecule has 0 bridgehead atoms. The molecule has 0 saturated carbocycles. The van der Waals surface area contributed by atoms with Crippen LogP contribution < -0.4 is 24.5 Å². The zero-order valence-electron chi connectivity index (χ0n) is 27.0. The van der Waals surface area contributed by atoms with Crippen molar-refractivity contribution >= 4 is 37.9 Å². The zero-order valence-corrected chi connectivity index (χ0v) is 28.0. The summed E-state index contributed by atoms with van der Waals surface area (Å²) in [4.78, 5) is 56.1. The largest absolute Gasteiger partial charge is 0.542 e. The molecule has 44 heavy (non-hydrogen) atoms. The first-order chi connectivity index (χ1) is 20.6. The van der Waals surface area contributed by atoms with Gasteiger partial charge in [-0.1, -0.05) is 46.8 Å². The average molecular weight is 626 g/mol. The third-order valence-electron chi connectivity index (χ3n) is 8.21. The van der Waals surface area contributed by atoms with Crippen molar-refractivity contribution in [1.29, 1.82) is 0 Å². The second-order valence-corrected chi connectivity index (χ2v) is 17.5. The fraction of sp³-hybridized carbons (Fsp3) is 0.500. The number of nitrogens with one attached hydrogen (secondary N) is 2. The van der Waals surface area contributed by atoms with Gasteiger partial charge in [-0.3, -0.25) is 14.4 Å².